The summed E-state index contributed by atoms with van der Waals surface area (Å²) >= 11 is 0. The lowest BCUT2D eigenvalue weighted by Gasteiger charge is -2.38. The van der Waals surface area contributed by atoms with Gasteiger partial charge in [-0.05, 0) is 25.2 Å². The van der Waals surface area contributed by atoms with E-state index in [1.54, 1.807) is 0 Å². The lowest BCUT2D eigenvalue weighted by atomic mass is 9.86. The number of carboxylic acids is 1. The van der Waals surface area contributed by atoms with Crippen LogP contribution < -0.4 is 0 Å². The molecular weight excluding hydrogens is 194 g/mol. The van der Waals surface area contributed by atoms with Gasteiger partial charge in [0.05, 0.1) is 0 Å². The van der Waals surface area contributed by atoms with Crippen LogP contribution in [0.1, 0.15) is 39.5 Å². The minimum absolute atomic E-state index is 0.0479. The van der Waals surface area contributed by atoms with E-state index in [1.165, 1.54) is 4.90 Å². The fourth-order valence-corrected chi connectivity index (χ4v) is 2.62. The van der Waals surface area contributed by atoms with Crippen molar-refractivity contribution in [1.82, 2.24) is 4.90 Å². The summed E-state index contributed by atoms with van der Waals surface area (Å²) in [6.07, 6.45) is 3.85. The molecule has 15 heavy (non-hydrogen) atoms. The first-order valence-corrected chi connectivity index (χ1v) is 5.55. The van der Waals surface area contributed by atoms with E-state index in [9.17, 15) is 14.7 Å². The number of aliphatic carboxylic acids is 1. The highest BCUT2D eigenvalue weighted by atomic mass is 16.4. The lowest BCUT2D eigenvalue weighted by molar-refractivity contribution is -0.157. The van der Waals surface area contributed by atoms with E-state index in [1.807, 2.05) is 13.8 Å². The first kappa shape index (κ1) is 12.0. The number of carboxylic acid groups (broad SMARTS) is 1. The summed E-state index contributed by atoms with van der Waals surface area (Å²) in [6, 6.07) is 0. The summed E-state index contributed by atoms with van der Waals surface area (Å²) < 4.78 is 0. The second-order valence-corrected chi connectivity index (χ2v) is 4.32. The van der Waals surface area contributed by atoms with Crippen molar-refractivity contribution in [1.29, 1.82) is 0 Å². The minimum Gasteiger partial charge on any atom is -0.479 e. The Kier molecular flexibility index (Phi) is 3.72. The number of nitrogens with zero attached hydrogens (tertiary/aromatic N) is 1. The standard InChI is InChI=1S/C11H19NO3/c1-3-7-12(8-13)11(10(14)15)6-4-5-9(11)2/h8-9H,3-7H2,1-2H3,(H,14,15). The van der Waals surface area contributed by atoms with Gasteiger partial charge in [-0.1, -0.05) is 20.3 Å². The second kappa shape index (κ2) is 4.64. The van der Waals surface area contributed by atoms with Crippen LogP contribution in [0.2, 0.25) is 0 Å². The molecule has 86 valence electrons. The topological polar surface area (TPSA) is 57.6 Å². The first-order valence-electron chi connectivity index (χ1n) is 5.55. The average molecular weight is 213 g/mol. The minimum atomic E-state index is -0.947. The van der Waals surface area contributed by atoms with Crippen molar-refractivity contribution < 1.29 is 14.7 Å². The molecule has 1 fully saturated rings. The highest BCUT2D eigenvalue weighted by Gasteiger charge is 2.51. The SMILES string of the molecule is CCCN(C=O)C1(C(=O)O)CCCC1C. The van der Waals surface area contributed by atoms with E-state index in [2.05, 4.69) is 0 Å². The molecule has 0 saturated heterocycles. The molecule has 1 aliphatic carbocycles. The molecule has 1 saturated carbocycles. The van der Waals surface area contributed by atoms with Gasteiger partial charge in [-0.3, -0.25) is 4.79 Å². The van der Waals surface area contributed by atoms with Crippen LogP contribution in [0.25, 0.3) is 0 Å². The zero-order chi connectivity index (χ0) is 11.5. The smallest absolute Gasteiger partial charge is 0.329 e. The molecule has 0 radical (unpaired) electrons. The highest BCUT2D eigenvalue weighted by Crippen LogP contribution is 2.40. The molecule has 0 bridgehead atoms. The van der Waals surface area contributed by atoms with Gasteiger partial charge in [0.2, 0.25) is 6.41 Å². The van der Waals surface area contributed by atoms with E-state index in [0.717, 1.165) is 19.3 Å². The number of hydrogen-bond donors (Lipinski definition) is 1. The summed E-state index contributed by atoms with van der Waals surface area (Å²) in [5.74, 6) is -0.806. The molecule has 0 spiro atoms. The van der Waals surface area contributed by atoms with Crippen LogP contribution in [0.3, 0.4) is 0 Å². The Hall–Kier alpha value is -1.06. The summed E-state index contributed by atoms with van der Waals surface area (Å²) in [4.78, 5) is 23.9. The normalized spacial score (nSPS) is 30.1. The van der Waals surface area contributed by atoms with Crippen molar-refractivity contribution in [3.8, 4) is 0 Å². The van der Waals surface area contributed by atoms with Crippen LogP contribution in [0.4, 0.5) is 0 Å². The predicted octanol–water partition coefficient (Wildman–Crippen LogP) is 1.50. The molecule has 0 aromatic heterocycles. The number of hydrogen-bond acceptors (Lipinski definition) is 2. The van der Waals surface area contributed by atoms with Gasteiger partial charge in [-0.25, -0.2) is 4.79 Å². The van der Waals surface area contributed by atoms with Crippen LogP contribution in [0.5, 0.6) is 0 Å². The summed E-state index contributed by atoms with van der Waals surface area (Å²) in [7, 11) is 0. The molecule has 2 atom stereocenters. The van der Waals surface area contributed by atoms with Gasteiger partial charge in [0.15, 0.2) is 0 Å². The number of amides is 1. The van der Waals surface area contributed by atoms with Crippen molar-refractivity contribution >= 4 is 12.4 Å². The maximum Gasteiger partial charge on any atom is 0.329 e. The second-order valence-electron chi connectivity index (χ2n) is 4.32. The Labute approximate surface area is 90.3 Å². The monoisotopic (exact) mass is 213 g/mol. The largest absolute Gasteiger partial charge is 0.479 e. The molecular formula is C11H19NO3. The molecule has 1 aliphatic rings. The van der Waals surface area contributed by atoms with Crippen molar-refractivity contribution in [2.45, 2.75) is 45.1 Å². The van der Waals surface area contributed by atoms with E-state index in [-0.39, 0.29) is 5.92 Å². The Morgan fingerprint density at radius 2 is 2.33 bits per heavy atom. The fraction of sp³-hybridized carbons (Fsp3) is 0.818. The third-order valence-corrected chi connectivity index (χ3v) is 3.48. The number of carbonyl (C=O) groups is 2. The van der Waals surface area contributed by atoms with Crippen LogP contribution in [-0.2, 0) is 9.59 Å². The van der Waals surface area contributed by atoms with Crippen molar-refractivity contribution in [2.24, 2.45) is 5.92 Å². The van der Waals surface area contributed by atoms with Crippen LogP contribution >= 0.6 is 0 Å². The van der Waals surface area contributed by atoms with Gasteiger partial charge in [0.25, 0.3) is 0 Å². The molecule has 1 N–H and O–H groups in total. The van der Waals surface area contributed by atoms with E-state index in [0.29, 0.717) is 19.4 Å². The average Bonchev–Trinajstić information content (AvgIpc) is 2.57. The molecule has 0 heterocycles. The third-order valence-electron chi connectivity index (χ3n) is 3.48. The van der Waals surface area contributed by atoms with Gasteiger partial charge in [0, 0.05) is 6.54 Å². The van der Waals surface area contributed by atoms with Crippen LogP contribution in [0.15, 0.2) is 0 Å². The Bertz CT molecular complexity index is 254. The zero-order valence-corrected chi connectivity index (χ0v) is 9.40. The Balaban J connectivity index is 2.98. The quantitative estimate of drug-likeness (QED) is 0.704. The van der Waals surface area contributed by atoms with Gasteiger partial charge in [0.1, 0.15) is 5.54 Å². The zero-order valence-electron chi connectivity index (χ0n) is 9.40. The molecule has 1 amide bonds. The molecule has 4 heteroatoms. The van der Waals surface area contributed by atoms with Crippen LogP contribution in [0, 0.1) is 5.92 Å². The van der Waals surface area contributed by atoms with E-state index < -0.39 is 11.5 Å². The van der Waals surface area contributed by atoms with Crippen molar-refractivity contribution in [2.75, 3.05) is 6.54 Å². The summed E-state index contributed by atoms with van der Waals surface area (Å²) in [5.41, 5.74) is -0.947. The van der Waals surface area contributed by atoms with Crippen molar-refractivity contribution in [3.05, 3.63) is 0 Å². The van der Waals surface area contributed by atoms with Gasteiger partial charge in [-0.2, -0.15) is 0 Å². The molecule has 1 rings (SSSR count). The number of carbonyl (C=O) groups excluding carboxylic acids is 1. The Morgan fingerprint density at radius 1 is 1.67 bits per heavy atom. The highest BCUT2D eigenvalue weighted by molar-refractivity contribution is 5.82. The number of rotatable bonds is 5. The first-order chi connectivity index (χ1) is 7.09. The molecule has 0 aliphatic heterocycles. The molecule has 0 aromatic carbocycles. The van der Waals surface area contributed by atoms with E-state index in [4.69, 9.17) is 0 Å². The fourth-order valence-electron chi connectivity index (χ4n) is 2.62. The maximum absolute atomic E-state index is 11.4. The predicted molar refractivity (Wildman–Crippen MR) is 56.4 cm³/mol. The van der Waals surface area contributed by atoms with Gasteiger partial charge in [-0.15, -0.1) is 0 Å². The summed E-state index contributed by atoms with van der Waals surface area (Å²) in [6.45, 7) is 4.40. The maximum atomic E-state index is 11.4. The summed E-state index contributed by atoms with van der Waals surface area (Å²) in [5, 5.41) is 9.36. The van der Waals surface area contributed by atoms with E-state index >= 15 is 0 Å². The lowest BCUT2D eigenvalue weighted by Crippen LogP contribution is -2.56. The van der Waals surface area contributed by atoms with Gasteiger partial charge < -0.3 is 10.0 Å². The Morgan fingerprint density at radius 3 is 2.67 bits per heavy atom. The molecule has 4 nitrogen and oxygen atoms in total. The van der Waals surface area contributed by atoms with Gasteiger partial charge >= 0.3 is 5.97 Å². The van der Waals surface area contributed by atoms with Crippen LogP contribution in [-0.4, -0.2) is 34.5 Å². The molecule has 2 unspecified atom stereocenters. The third kappa shape index (κ3) is 1.85. The van der Waals surface area contributed by atoms with Crippen molar-refractivity contribution in [3.63, 3.8) is 0 Å². The molecule has 0 aromatic rings.